The molecule has 2 aromatic rings. The highest BCUT2D eigenvalue weighted by Gasteiger charge is 2.27. The molecule has 1 aromatic carbocycles. The molecule has 0 saturated carbocycles. The lowest BCUT2D eigenvalue weighted by Crippen LogP contribution is -2.19. The molecule has 1 aliphatic rings. The summed E-state index contributed by atoms with van der Waals surface area (Å²) in [5, 5.41) is 14.4. The number of phenolic OH excluding ortho intramolecular Hbond substituents is 1. The topological polar surface area (TPSA) is 92.4 Å². The monoisotopic (exact) mass is 502 g/mol. The van der Waals surface area contributed by atoms with Crippen LogP contribution in [0, 0.1) is 0 Å². The molecule has 5 nitrogen and oxygen atoms in total. The lowest BCUT2D eigenvalue weighted by Gasteiger charge is -2.28. The van der Waals surface area contributed by atoms with Gasteiger partial charge in [-0.15, -0.1) is 11.3 Å². The smallest absolute Gasteiger partial charge is 0.251 e. The SMILES string of the molecule is CC(C)(C)c1cc(CCCSCC(=O)Nc2sc3c(c2C(N)=O)CCC3)cc(C(C)(C)C)c1O. The summed E-state index contributed by atoms with van der Waals surface area (Å²) in [5.74, 6) is 1.05. The van der Waals surface area contributed by atoms with Crippen LogP contribution in [-0.2, 0) is 34.9 Å². The number of aryl methyl sites for hydroxylation is 2. The van der Waals surface area contributed by atoms with Gasteiger partial charge in [0.15, 0.2) is 0 Å². The van der Waals surface area contributed by atoms with E-state index in [9.17, 15) is 14.7 Å². The summed E-state index contributed by atoms with van der Waals surface area (Å²) in [4.78, 5) is 25.6. The van der Waals surface area contributed by atoms with Gasteiger partial charge in [0, 0.05) is 4.88 Å². The average molecular weight is 503 g/mol. The first kappa shape index (κ1) is 26.6. The van der Waals surface area contributed by atoms with E-state index in [1.807, 2.05) is 0 Å². The van der Waals surface area contributed by atoms with Crippen molar-refractivity contribution >= 4 is 39.9 Å². The minimum atomic E-state index is -0.458. The van der Waals surface area contributed by atoms with Gasteiger partial charge in [-0.05, 0) is 70.9 Å². The number of thiophene rings is 1. The molecule has 2 amide bonds. The molecular formula is C27H38N2O3S2. The Kier molecular flexibility index (Phi) is 8.08. The van der Waals surface area contributed by atoms with Crippen molar-refractivity contribution in [3.8, 4) is 5.75 Å². The van der Waals surface area contributed by atoms with Crippen molar-refractivity contribution in [1.29, 1.82) is 0 Å². The Morgan fingerprint density at radius 3 is 2.26 bits per heavy atom. The molecule has 7 heteroatoms. The van der Waals surface area contributed by atoms with Crippen molar-refractivity contribution in [3.05, 3.63) is 44.8 Å². The van der Waals surface area contributed by atoms with E-state index in [0.717, 1.165) is 54.5 Å². The van der Waals surface area contributed by atoms with E-state index in [-0.39, 0.29) is 16.7 Å². The molecule has 0 aliphatic heterocycles. The van der Waals surface area contributed by atoms with Crippen LogP contribution < -0.4 is 11.1 Å². The maximum atomic E-state index is 12.5. The van der Waals surface area contributed by atoms with Gasteiger partial charge in [-0.1, -0.05) is 53.7 Å². The molecule has 3 rings (SSSR count). The standard InChI is InChI=1S/C27H38N2O3S2/c1-26(2,3)18-13-16(14-19(23(18)31)27(4,5)6)9-8-12-33-15-21(30)29-25-22(24(28)32)17-10-7-11-20(17)34-25/h13-14,31H,7-12,15H2,1-6H3,(H2,28,32)(H,29,30). The van der Waals surface area contributed by atoms with Crippen molar-refractivity contribution < 1.29 is 14.7 Å². The Balaban J connectivity index is 1.55. The van der Waals surface area contributed by atoms with E-state index in [0.29, 0.717) is 22.1 Å². The first-order chi connectivity index (χ1) is 15.8. The van der Waals surface area contributed by atoms with Gasteiger partial charge in [0.05, 0.1) is 11.3 Å². The molecule has 0 bridgehead atoms. The fourth-order valence-corrected chi connectivity index (χ4v) is 6.50. The Labute approximate surface area is 211 Å². The van der Waals surface area contributed by atoms with Crippen LogP contribution in [0.3, 0.4) is 0 Å². The number of nitrogens with one attached hydrogen (secondary N) is 1. The van der Waals surface area contributed by atoms with Gasteiger partial charge < -0.3 is 16.2 Å². The summed E-state index contributed by atoms with van der Waals surface area (Å²) >= 11 is 3.09. The zero-order chi connectivity index (χ0) is 25.3. The minimum Gasteiger partial charge on any atom is -0.507 e. The van der Waals surface area contributed by atoms with Crippen LogP contribution in [0.5, 0.6) is 5.75 Å². The molecule has 0 atom stereocenters. The molecular weight excluding hydrogens is 464 g/mol. The van der Waals surface area contributed by atoms with Crippen molar-refractivity contribution in [2.75, 3.05) is 16.8 Å². The second-order valence-corrected chi connectivity index (χ2v) is 13.4. The van der Waals surface area contributed by atoms with Crippen LogP contribution in [-0.4, -0.2) is 28.4 Å². The van der Waals surface area contributed by atoms with Crippen LogP contribution >= 0.6 is 23.1 Å². The summed E-state index contributed by atoms with van der Waals surface area (Å²) in [6, 6.07) is 4.26. The lowest BCUT2D eigenvalue weighted by molar-refractivity contribution is -0.113. The van der Waals surface area contributed by atoms with Gasteiger partial charge >= 0.3 is 0 Å². The number of phenols is 1. The Morgan fingerprint density at radius 2 is 1.71 bits per heavy atom. The van der Waals surface area contributed by atoms with E-state index in [1.54, 1.807) is 11.8 Å². The molecule has 0 unspecified atom stereocenters. The summed E-state index contributed by atoms with van der Waals surface area (Å²) in [6.07, 6.45) is 4.69. The van der Waals surface area contributed by atoms with E-state index in [1.165, 1.54) is 21.8 Å². The molecule has 0 saturated heterocycles. The number of nitrogens with two attached hydrogens (primary N) is 1. The van der Waals surface area contributed by atoms with Crippen molar-refractivity contribution in [2.45, 2.75) is 84.5 Å². The third kappa shape index (κ3) is 6.16. The van der Waals surface area contributed by atoms with E-state index in [4.69, 9.17) is 5.73 Å². The average Bonchev–Trinajstić information content (AvgIpc) is 3.27. The van der Waals surface area contributed by atoms with Gasteiger partial charge in [-0.2, -0.15) is 11.8 Å². The third-order valence-electron chi connectivity index (χ3n) is 6.19. The summed E-state index contributed by atoms with van der Waals surface area (Å²) in [6.45, 7) is 12.7. The number of aromatic hydroxyl groups is 1. The van der Waals surface area contributed by atoms with Crippen molar-refractivity contribution in [1.82, 2.24) is 0 Å². The van der Waals surface area contributed by atoms with E-state index in [2.05, 4.69) is 59.0 Å². The van der Waals surface area contributed by atoms with Gasteiger partial charge in [-0.25, -0.2) is 0 Å². The van der Waals surface area contributed by atoms with Gasteiger partial charge in [0.1, 0.15) is 10.8 Å². The fraction of sp³-hybridized carbons (Fsp3) is 0.556. The number of fused-ring (bicyclic) bond motifs is 1. The Bertz CT molecular complexity index is 1040. The van der Waals surface area contributed by atoms with Crippen LogP contribution in [0.1, 0.15) is 91.9 Å². The van der Waals surface area contributed by atoms with Crippen LogP contribution in [0.4, 0.5) is 5.00 Å². The lowest BCUT2D eigenvalue weighted by atomic mass is 9.78. The van der Waals surface area contributed by atoms with Gasteiger partial charge in [0.25, 0.3) is 5.91 Å². The molecule has 0 fully saturated rings. The predicted molar refractivity (Wildman–Crippen MR) is 145 cm³/mol. The van der Waals surface area contributed by atoms with Crippen molar-refractivity contribution in [3.63, 3.8) is 0 Å². The van der Waals surface area contributed by atoms with E-state index >= 15 is 0 Å². The highest BCUT2D eigenvalue weighted by atomic mass is 32.2. The first-order valence-corrected chi connectivity index (χ1v) is 13.9. The number of rotatable bonds is 8. The van der Waals surface area contributed by atoms with Crippen LogP contribution in [0.25, 0.3) is 0 Å². The number of primary amides is 1. The van der Waals surface area contributed by atoms with Crippen LogP contribution in [0.15, 0.2) is 12.1 Å². The number of hydrogen-bond donors (Lipinski definition) is 3. The number of thioether (sulfide) groups is 1. The molecule has 1 heterocycles. The highest BCUT2D eigenvalue weighted by Crippen LogP contribution is 2.40. The number of carbonyl (C=O) groups is 2. The Hall–Kier alpha value is -1.99. The molecule has 1 aromatic heterocycles. The number of hydrogen-bond acceptors (Lipinski definition) is 5. The summed E-state index contributed by atoms with van der Waals surface area (Å²) in [5.41, 5.74) is 10.0. The second kappa shape index (κ2) is 10.3. The van der Waals surface area contributed by atoms with Gasteiger partial charge in [0.2, 0.25) is 5.91 Å². The summed E-state index contributed by atoms with van der Waals surface area (Å²) in [7, 11) is 0. The number of benzene rings is 1. The quantitative estimate of drug-likeness (QED) is 0.390. The normalized spacial score (nSPS) is 13.7. The second-order valence-electron chi connectivity index (χ2n) is 11.2. The first-order valence-electron chi connectivity index (χ1n) is 12.0. The molecule has 186 valence electrons. The summed E-state index contributed by atoms with van der Waals surface area (Å²) < 4.78 is 0. The molecule has 0 radical (unpaired) electrons. The van der Waals surface area contributed by atoms with Gasteiger partial charge in [-0.3, -0.25) is 9.59 Å². The highest BCUT2D eigenvalue weighted by molar-refractivity contribution is 7.99. The predicted octanol–water partition coefficient (Wildman–Crippen LogP) is 5.94. The van der Waals surface area contributed by atoms with Crippen LogP contribution in [0.2, 0.25) is 0 Å². The minimum absolute atomic E-state index is 0.0953. The maximum absolute atomic E-state index is 12.5. The largest absolute Gasteiger partial charge is 0.507 e. The van der Waals surface area contributed by atoms with Crippen molar-refractivity contribution in [2.24, 2.45) is 5.73 Å². The molecule has 0 spiro atoms. The molecule has 34 heavy (non-hydrogen) atoms. The maximum Gasteiger partial charge on any atom is 0.251 e. The number of carbonyl (C=O) groups excluding carboxylic acids is 2. The zero-order valence-electron chi connectivity index (χ0n) is 21.3. The number of anilines is 1. The fourth-order valence-electron chi connectivity index (χ4n) is 4.44. The number of amides is 2. The van der Waals surface area contributed by atoms with E-state index < -0.39 is 5.91 Å². The Morgan fingerprint density at radius 1 is 1.09 bits per heavy atom. The molecule has 4 N–H and O–H groups in total. The molecule has 1 aliphatic carbocycles. The third-order valence-corrected chi connectivity index (χ3v) is 8.44. The zero-order valence-corrected chi connectivity index (χ0v) is 22.9.